The van der Waals surface area contributed by atoms with Crippen LogP contribution >= 0.6 is 11.8 Å². The number of nitrogens with one attached hydrogen (secondary N) is 1. The Balaban J connectivity index is 2.48. The molecule has 0 radical (unpaired) electrons. The number of allylic oxidation sites excluding steroid dienone is 1. The number of hydrogen-bond acceptors (Lipinski definition) is 4. The molecule has 112 valence electrons. The van der Waals surface area contributed by atoms with Gasteiger partial charge in [0.05, 0.1) is 18.7 Å². The first kappa shape index (κ1) is 15.4. The number of thioether (sulfide) groups is 1. The van der Waals surface area contributed by atoms with Crippen LogP contribution in [-0.2, 0) is 9.53 Å². The summed E-state index contributed by atoms with van der Waals surface area (Å²) in [7, 11) is 2.97. The monoisotopic (exact) mass is 306 g/mol. The molecule has 0 fully saturated rings. The van der Waals surface area contributed by atoms with Crippen LogP contribution in [0.25, 0.3) is 0 Å². The minimum absolute atomic E-state index is 0.237. The molecule has 0 aromatic heterocycles. The molecule has 5 nitrogen and oxygen atoms in total. The van der Waals surface area contributed by atoms with Crippen molar-refractivity contribution in [3.63, 3.8) is 0 Å². The predicted octanol–water partition coefficient (Wildman–Crippen LogP) is 2.55. The fraction of sp³-hybridized carbons (Fsp3) is 0.333. The summed E-state index contributed by atoms with van der Waals surface area (Å²) >= 11 is 1.64. The van der Waals surface area contributed by atoms with E-state index in [0.717, 1.165) is 10.5 Å². The van der Waals surface area contributed by atoms with Gasteiger partial charge in [0.25, 0.3) is 0 Å². The van der Waals surface area contributed by atoms with Gasteiger partial charge in [-0.15, -0.1) is 11.8 Å². The third-order valence-electron chi connectivity index (χ3n) is 3.61. The van der Waals surface area contributed by atoms with Gasteiger partial charge in [0.2, 0.25) is 0 Å². The number of ether oxygens (including phenoxy) is 1. The van der Waals surface area contributed by atoms with Crippen LogP contribution in [0, 0.1) is 0 Å². The van der Waals surface area contributed by atoms with Gasteiger partial charge in [0.15, 0.2) is 0 Å². The Kier molecular flexibility index (Phi) is 4.57. The number of nitrogens with zero attached hydrogens (tertiary/aromatic N) is 1. The largest absolute Gasteiger partial charge is 0.466 e. The molecule has 2 rings (SSSR count). The second kappa shape index (κ2) is 6.22. The molecular weight excluding hydrogens is 288 g/mol. The molecule has 1 aliphatic heterocycles. The second-order valence-electron chi connectivity index (χ2n) is 4.71. The van der Waals surface area contributed by atoms with Crippen LogP contribution in [0.2, 0.25) is 0 Å². The van der Waals surface area contributed by atoms with Gasteiger partial charge in [-0.05, 0) is 30.9 Å². The van der Waals surface area contributed by atoms with E-state index in [9.17, 15) is 9.59 Å². The van der Waals surface area contributed by atoms with Crippen LogP contribution in [0.5, 0.6) is 0 Å². The Hall–Kier alpha value is -1.95. The normalized spacial score (nSPS) is 18.6. The summed E-state index contributed by atoms with van der Waals surface area (Å²) in [6.45, 7) is 1.74. The molecular formula is C15H18N2O3S. The van der Waals surface area contributed by atoms with Gasteiger partial charge >= 0.3 is 12.0 Å². The minimum Gasteiger partial charge on any atom is -0.466 e. The molecule has 1 aromatic carbocycles. The van der Waals surface area contributed by atoms with Crippen molar-refractivity contribution in [1.29, 1.82) is 0 Å². The molecule has 0 saturated carbocycles. The highest BCUT2D eigenvalue weighted by Crippen LogP contribution is 2.31. The SMILES string of the molecule is COC(=O)C1=C(C)N(C)C(=O)N[C@@H]1c1ccc(SC)cc1. The van der Waals surface area contributed by atoms with Crippen LogP contribution in [0.3, 0.4) is 0 Å². The molecule has 1 aliphatic rings. The molecule has 1 N–H and O–H groups in total. The van der Waals surface area contributed by atoms with E-state index in [2.05, 4.69) is 5.32 Å². The minimum atomic E-state index is -0.489. The zero-order valence-corrected chi connectivity index (χ0v) is 13.3. The molecule has 0 aliphatic carbocycles. The van der Waals surface area contributed by atoms with E-state index in [0.29, 0.717) is 11.3 Å². The smallest absolute Gasteiger partial charge is 0.337 e. The van der Waals surface area contributed by atoms with Gasteiger partial charge < -0.3 is 15.0 Å². The van der Waals surface area contributed by atoms with Gasteiger partial charge in [-0.3, -0.25) is 0 Å². The Labute approximate surface area is 128 Å². The average Bonchev–Trinajstić information content (AvgIpc) is 2.51. The van der Waals surface area contributed by atoms with E-state index in [1.807, 2.05) is 30.5 Å². The Morgan fingerprint density at radius 2 is 1.95 bits per heavy atom. The van der Waals surface area contributed by atoms with Crippen LogP contribution in [0.1, 0.15) is 18.5 Å². The van der Waals surface area contributed by atoms with Crippen molar-refractivity contribution in [1.82, 2.24) is 10.2 Å². The molecule has 2 amide bonds. The van der Waals surface area contributed by atoms with Crippen molar-refractivity contribution in [2.75, 3.05) is 20.4 Å². The van der Waals surface area contributed by atoms with Gasteiger partial charge in [-0.1, -0.05) is 12.1 Å². The number of carbonyl (C=O) groups is 2. The number of urea groups is 1. The molecule has 21 heavy (non-hydrogen) atoms. The van der Waals surface area contributed by atoms with Gasteiger partial charge in [0, 0.05) is 17.6 Å². The Morgan fingerprint density at radius 3 is 2.48 bits per heavy atom. The number of amides is 2. The van der Waals surface area contributed by atoms with Crippen LogP contribution < -0.4 is 5.32 Å². The number of methoxy groups -OCH3 is 1. The fourth-order valence-electron chi connectivity index (χ4n) is 2.26. The first-order valence-corrected chi connectivity index (χ1v) is 7.69. The molecule has 1 aromatic rings. The number of benzene rings is 1. The zero-order valence-electron chi connectivity index (χ0n) is 12.5. The van der Waals surface area contributed by atoms with E-state index in [1.54, 1.807) is 25.7 Å². The molecule has 1 heterocycles. The summed E-state index contributed by atoms with van der Waals surface area (Å²) in [5.41, 5.74) is 1.91. The average molecular weight is 306 g/mol. The summed E-state index contributed by atoms with van der Waals surface area (Å²) in [6, 6.07) is 7.04. The highest BCUT2D eigenvalue weighted by Gasteiger charge is 2.34. The van der Waals surface area contributed by atoms with E-state index >= 15 is 0 Å². The maximum atomic E-state index is 12.1. The van der Waals surface area contributed by atoms with E-state index in [4.69, 9.17) is 4.74 Å². The fourth-order valence-corrected chi connectivity index (χ4v) is 2.66. The predicted molar refractivity (Wildman–Crippen MR) is 82.0 cm³/mol. The summed E-state index contributed by atoms with van der Waals surface area (Å²) in [5, 5.41) is 2.84. The first-order chi connectivity index (χ1) is 9.99. The highest BCUT2D eigenvalue weighted by atomic mass is 32.2. The number of carbonyl (C=O) groups excluding carboxylic acids is 2. The van der Waals surface area contributed by atoms with E-state index in [1.165, 1.54) is 12.0 Å². The lowest BCUT2D eigenvalue weighted by Gasteiger charge is -2.33. The second-order valence-corrected chi connectivity index (χ2v) is 5.58. The number of rotatable bonds is 3. The topological polar surface area (TPSA) is 58.6 Å². The van der Waals surface area contributed by atoms with Crippen LogP contribution in [0.15, 0.2) is 40.4 Å². The lowest BCUT2D eigenvalue weighted by molar-refractivity contribution is -0.136. The van der Waals surface area contributed by atoms with Crippen LogP contribution in [0.4, 0.5) is 4.79 Å². The van der Waals surface area contributed by atoms with Crippen molar-refractivity contribution < 1.29 is 14.3 Å². The summed E-state index contributed by atoms with van der Waals surface area (Å²) < 4.78 is 4.86. The summed E-state index contributed by atoms with van der Waals surface area (Å²) in [4.78, 5) is 26.6. The van der Waals surface area contributed by atoms with Crippen LogP contribution in [-0.4, -0.2) is 37.3 Å². The summed E-state index contributed by atoms with van der Waals surface area (Å²) in [6.07, 6.45) is 2.00. The number of hydrogen-bond donors (Lipinski definition) is 1. The Bertz CT molecular complexity index is 595. The van der Waals surface area contributed by atoms with Gasteiger partial charge in [-0.2, -0.15) is 0 Å². The molecule has 1 atom stereocenters. The lowest BCUT2D eigenvalue weighted by atomic mass is 9.95. The maximum absolute atomic E-state index is 12.1. The van der Waals surface area contributed by atoms with Gasteiger partial charge in [-0.25, -0.2) is 9.59 Å². The van der Waals surface area contributed by atoms with Crippen molar-refractivity contribution in [3.8, 4) is 0 Å². The van der Waals surface area contributed by atoms with Crippen molar-refractivity contribution in [2.24, 2.45) is 0 Å². The Morgan fingerprint density at radius 1 is 1.33 bits per heavy atom. The molecule has 6 heteroatoms. The van der Waals surface area contributed by atoms with Crippen molar-refractivity contribution in [3.05, 3.63) is 41.1 Å². The van der Waals surface area contributed by atoms with E-state index < -0.39 is 12.0 Å². The van der Waals surface area contributed by atoms with E-state index in [-0.39, 0.29) is 6.03 Å². The van der Waals surface area contributed by atoms with Crippen molar-refractivity contribution in [2.45, 2.75) is 17.9 Å². The molecule has 0 spiro atoms. The standard InChI is InChI=1S/C15H18N2O3S/c1-9-12(14(18)20-3)13(16-15(19)17(9)2)10-5-7-11(21-4)8-6-10/h5-8,13H,1-4H3,(H,16,19)/t13-/m1/s1. The third-order valence-corrected chi connectivity index (χ3v) is 4.35. The number of esters is 1. The molecule has 0 saturated heterocycles. The van der Waals surface area contributed by atoms with Gasteiger partial charge in [0.1, 0.15) is 0 Å². The third kappa shape index (κ3) is 2.90. The van der Waals surface area contributed by atoms with Crippen molar-refractivity contribution >= 4 is 23.8 Å². The molecule has 0 bridgehead atoms. The first-order valence-electron chi connectivity index (χ1n) is 6.46. The maximum Gasteiger partial charge on any atom is 0.337 e. The summed E-state index contributed by atoms with van der Waals surface area (Å²) in [5.74, 6) is -0.432. The quantitative estimate of drug-likeness (QED) is 0.689. The lowest BCUT2D eigenvalue weighted by Crippen LogP contribution is -2.46. The zero-order chi connectivity index (χ0) is 15.6. The molecule has 0 unspecified atom stereocenters. The highest BCUT2D eigenvalue weighted by molar-refractivity contribution is 7.98.